The van der Waals surface area contributed by atoms with Gasteiger partial charge in [-0.1, -0.05) is 23.7 Å². The molecule has 2 N–H and O–H groups in total. The van der Waals surface area contributed by atoms with Crippen molar-refractivity contribution < 1.29 is 14.3 Å². The van der Waals surface area contributed by atoms with Crippen molar-refractivity contribution >= 4 is 23.5 Å². The summed E-state index contributed by atoms with van der Waals surface area (Å²) >= 11 is 5.86. The number of hydrogen-bond donors (Lipinski definition) is 2. The Hall–Kier alpha value is -2.80. The number of nitrogens with zero attached hydrogens (tertiary/aromatic N) is 1. The number of carbonyl (C=O) groups excluding carboxylic acids is 2. The van der Waals surface area contributed by atoms with Crippen molar-refractivity contribution in [1.82, 2.24) is 15.2 Å². The number of nitrogens with one attached hydrogen (secondary N) is 2. The van der Waals surface area contributed by atoms with Crippen LogP contribution in [-0.4, -0.2) is 23.6 Å². The van der Waals surface area contributed by atoms with E-state index in [2.05, 4.69) is 10.6 Å². The molecule has 2 heterocycles. The lowest BCUT2D eigenvalue weighted by Crippen LogP contribution is -2.49. The Kier molecular flexibility index (Phi) is 4.02. The number of ether oxygens (including phenoxy) is 1. The van der Waals surface area contributed by atoms with E-state index in [9.17, 15) is 14.4 Å². The molecule has 1 unspecified atom stereocenters. The average molecular weight is 348 g/mol. The molecule has 0 spiro atoms. The standard InChI is InChI=1S/C16H14ClN3O4/c1-24-11-6-4-10(5-7-11)16(14(22)18-15(23)19-16)9-20-8-2-3-12(17)13(20)21/h2-8H,9H2,1H3,(H2,18,19,22,23). The van der Waals surface area contributed by atoms with E-state index in [1.54, 1.807) is 30.3 Å². The van der Waals surface area contributed by atoms with Gasteiger partial charge in [0.2, 0.25) is 0 Å². The van der Waals surface area contributed by atoms with Crippen LogP contribution in [0.15, 0.2) is 47.4 Å². The molecule has 7 nitrogen and oxygen atoms in total. The number of benzene rings is 1. The molecule has 8 heteroatoms. The van der Waals surface area contributed by atoms with Gasteiger partial charge in [-0.25, -0.2) is 4.79 Å². The molecule has 1 saturated heterocycles. The predicted octanol–water partition coefficient (Wildman–Crippen LogP) is 1.25. The fraction of sp³-hybridized carbons (Fsp3) is 0.188. The lowest BCUT2D eigenvalue weighted by Gasteiger charge is -2.27. The lowest BCUT2D eigenvalue weighted by molar-refractivity contribution is -0.124. The van der Waals surface area contributed by atoms with Gasteiger partial charge in [-0.3, -0.25) is 14.9 Å². The highest BCUT2D eigenvalue weighted by atomic mass is 35.5. The van der Waals surface area contributed by atoms with Gasteiger partial charge in [-0.2, -0.15) is 0 Å². The van der Waals surface area contributed by atoms with Crippen LogP contribution in [0.4, 0.5) is 4.79 Å². The number of aromatic nitrogens is 1. The van der Waals surface area contributed by atoms with E-state index in [4.69, 9.17) is 16.3 Å². The molecule has 1 atom stereocenters. The summed E-state index contributed by atoms with van der Waals surface area (Å²) in [5.74, 6) is 0.0723. The zero-order valence-corrected chi connectivity index (χ0v) is 13.5. The molecule has 0 radical (unpaired) electrons. The smallest absolute Gasteiger partial charge is 0.322 e. The molecule has 1 aromatic heterocycles. The van der Waals surface area contributed by atoms with E-state index in [0.717, 1.165) is 0 Å². The summed E-state index contributed by atoms with van der Waals surface area (Å²) < 4.78 is 6.39. The molecule has 3 amide bonds. The zero-order chi connectivity index (χ0) is 17.3. The summed E-state index contributed by atoms with van der Waals surface area (Å²) in [5, 5.41) is 4.88. The van der Waals surface area contributed by atoms with Crippen LogP contribution in [0.1, 0.15) is 5.56 Å². The Bertz CT molecular complexity index is 862. The van der Waals surface area contributed by atoms with Gasteiger partial charge in [-0.05, 0) is 29.8 Å². The Labute approximate surface area is 142 Å². The third-order valence-corrected chi connectivity index (χ3v) is 4.19. The molecule has 124 valence electrons. The van der Waals surface area contributed by atoms with E-state index < -0.39 is 23.0 Å². The first-order valence-electron chi connectivity index (χ1n) is 7.09. The molecule has 24 heavy (non-hydrogen) atoms. The number of carbonyl (C=O) groups is 2. The fourth-order valence-corrected chi connectivity index (χ4v) is 2.84. The molecule has 2 aromatic rings. The van der Waals surface area contributed by atoms with E-state index in [-0.39, 0.29) is 11.6 Å². The molecule has 1 fully saturated rings. The number of amides is 3. The normalized spacial score (nSPS) is 19.8. The van der Waals surface area contributed by atoms with E-state index in [1.165, 1.54) is 23.9 Å². The second-order valence-electron chi connectivity index (χ2n) is 5.33. The number of rotatable bonds is 4. The molecule has 1 aromatic carbocycles. The Morgan fingerprint density at radius 3 is 2.46 bits per heavy atom. The van der Waals surface area contributed by atoms with Crippen molar-refractivity contribution in [3.8, 4) is 5.75 Å². The van der Waals surface area contributed by atoms with Crippen molar-refractivity contribution in [1.29, 1.82) is 0 Å². The van der Waals surface area contributed by atoms with E-state index in [0.29, 0.717) is 11.3 Å². The molecule has 0 aliphatic carbocycles. The maximum atomic E-state index is 12.5. The molecule has 0 saturated carbocycles. The minimum atomic E-state index is -1.40. The SMILES string of the molecule is COc1ccc(C2(Cn3cccc(Cl)c3=O)NC(=O)NC2=O)cc1. The summed E-state index contributed by atoms with van der Waals surface area (Å²) in [7, 11) is 1.53. The molecule has 0 bridgehead atoms. The third-order valence-electron chi connectivity index (χ3n) is 3.91. The summed E-state index contributed by atoms with van der Waals surface area (Å²) in [6, 6.07) is 9.13. The number of methoxy groups -OCH3 is 1. The van der Waals surface area contributed by atoms with Crippen LogP contribution in [-0.2, 0) is 16.9 Å². The van der Waals surface area contributed by atoms with Gasteiger partial charge in [0.15, 0.2) is 5.54 Å². The minimum Gasteiger partial charge on any atom is -0.497 e. The monoisotopic (exact) mass is 347 g/mol. The fourth-order valence-electron chi connectivity index (χ4n) is 2.66. The van der Waals surface area contributed by atoms with Crippen LogP contribution < -0.4 is 20.9 Å². The van der Waals surface area contributed by atoms with Gasteiger partial charge in [0.1, 0.15) is 10.8 Å². The highest BCUT2D eigenvalue weighted by Gasteiger charge is 2.48. The largest absolute Gasteiger partial charge is 0.497 e. The quantitative estimate of drug-likeness (QED) is 0.814. The average Bonchev–Trinajstić information content (AvgIpc) is 2.86. The summed E-state index contributed by atoms with van der Waals surface area (Å²) in [6.07, 6.45) is 1.51. The van der Waals surface area contributed by atoms with Crippen molar-refractivity contribution in [2.45, 2.75) is 12.1 Å². The van der Waals surface area contributed by atoms with Crippen LogP contribution >= 0.6 is 11.6 Å². The topological polar surface area (TPSA) is 89.4 Å². The maximum Gasteiger partial charge on any atom is 0.322 e. The second-order valence-corrected chi connectivity index (χ2v) is 5.74. The van der Waals surface area contributed by atoms with Gasteiger partial charge in [0.25, 0.3) is 11.5 Å². The van der Waals surface area contributed by atoms with Gasteiger partial charge in [0, 0.05) is 6.20 Å². The van der Waals surface area contributed by atoms with Gasteiger partial charge >= 0.3 is 6.03 Å². The number of urea groups is 1. The molecular weight excluding hydrogens is 334 g/mol. The molecule has 1 aliphatic rings. The highest BCUT2D eigenvalue weighted by Crippen LogP contribution is 2.28. The third kappa shape index (κ3) is 2.63. The van der Waals surface area contributed by atoms with E-state index in [1.807, 2.05) is 0 Å². The van der Waals surface area contributed by atoms with Gasteiger partial charge in [-0.15, -0.1) is 0 Å². The van der Waals surface area contributed by atoms with Crippen LogP contribution in [0, 0.1) is 0 Å². The second kappa shape index (κ2) is 6.01. The molecule has 1 aliphatic heterocycles. The zero-order valence-electron chi connectivity index (χ0n) is 12.7. The lowest BCUT2D eigenvalue weighted by atomic mass is 9.89. The molecular formula is C16H14ClN3O4. The van der Waals surface area contributed by atoms with Crippen LogP contribution in [0.5, 0.6) is 5.75 Å². The van der Waals surface area contributed by atoms with Gasteiger partial charge < -0.3 is 14.6 Å². The number of imide groups is 1. The van der Waals surface area contributed by atoms with Crippen LogP contribution in [0.3, 0.4) is 0 Å². The van der Waals surface area contributed by atoms with Crippen molar-refractivity contribution in [3.63, 3.8) is 0 Å². The predicted molar refractivity (Wildman–Crippen MR) is 87.1 cm³/mol. The van der Waals surface area contributed by atoms with Crippen molar-refractivity contribution in [2.24, 2.45) is 0 Å². The summed E-state index contributed by atoms with van der Waals surface area (Å²) in [4.78, 5) is 36.4. The summed E-state index contributed by atoms with van der Waals surface area (Å²) in [6.45, 7) is -0.0870. The first-order valence-corrected chi connectivity index (χ1v) is 7.47. The Morgan fingerprint density at radius 2 is 1.88 bits per heavy atom. The van der Waals surface area contributed by atoms with E-state index >= 15 is 0 Å². The molecule has 3 rings (SSSR count). The van der Waals surface area contributed by atoms with Crippen LogP contribution in [0.2, 0.25) is 5.02 Å². The number of pyridine rings is 1. The summed E-state index contributed by atoms with van der Waals surface area (Å²) in [5.41, 5.74) is -1.32. The minimum absolute atomic E-state index is 0.0344. The van der Waals surface area contributed by atoms with Crippen molar-refractivity contribution in [2.75, 3.05) is 7.11 Å². The van der Waals surface area contributed by atoms with Gasteiger partial charge in [0.05, 0.1) is 13.7 Å². The Balaban J connectivity index is 2.09. The van der Waals surface area contributed by atoms with Crippen LogP contribution in [0.25, 0.3) is 0 Å². The maximum absolute atomic E-state index is 12.5. The Morgan fingerprint density at radius 1 is 1.17 bits per heavy atom. The first-order chi connectivity index (χ1) is 11.5. The highest BCUT2D eigenvalue weighted by molar-refractivity contribution is 6.30. The first kappa shape index (κ1) is 16.1. The number of halogens is 1. The number of hydrogen-bond acceptors (Lipinski definition) is 4. The van der Waals surface area contributed by atoms with Crippen molar-refractivity contribution in [3.05, 3.63) is 63.5 Å².